The van der Waals surface area contributed by atoms with Gasteiger partial charge in [-0.15, -0.1) is 0 Å². The third kappa shape index (κ3) is 5.71. The minimum Gasteiger partial charge on any atom is -0.352 e. The molecule has 0 aliphatic heterocycles. The van der Waals surface area contributed by atoms with Gasteiger partial charge >= 0.3 is 0 Å². The van der Waals surface area contributed by atoms with Crippen LogP contribution in [0, 0.1) is 0 Å². The number of nitrogens with one attached hydrogen (secondary N) is 2. The second-order valence-electron chi connectivity index (χ2n) is 4.42. The average molecular weight is 299 g/mol. The number of thiol groups is 1. The number of guanidine groups is 1. The molecule has 2 aromatic rings. The van der Waals surface area contributed by atoms with Gasteiger partial charge in [-0.3, -0.25) is 10.1 Å². The summed E-state index contributed by atoms with van der Waals surface area (Å²) in [6.07, 6.45) is 0. The Balaban J connectivity index is 1.98. The van der Waals surface area contributed by atoms with E-state index < -0.39 is 5.24 Å². The molecule has 4 nitrogen and oxygen atoms in total. The van der Waals surface area contributed by atoms with E-state index in [2.05, 4.69) is 28.3 Å². The van der Waals surface area contributed by atoms with Crippen molar-refractivity contribution in [2.45, 2.75) is 13.1 Å². The lowest BCUT2D eigenvalue weighted by Crippen LogP contribution is -2.38. The van der Waals surface area contributed by atoms with Crippen molar-refractivity contribution >= 4 is 23.8 Å². The minimum absolute atomic E-state index is 0.419. The van der Waals surface area contributed by atoms with E-state index in [1.54, 1.807) is 0 Å². The van der Waals surface area contributed by atoms with Gasteiger partial charge in [0.1, 0.15) is 0 Å². The van der Waals surface area contributed by atoms with E-state index in [4.69, 9.17) is 0 Å². The maximum atomic E-state index is 11.1. The van der Waals surface area contributed by atoms with Crippen LogP contribution in [0.15, 0.2) is 65.7 Å². The molecular weight excluding hydrogens is 282 g/mol. The van der Waals surface area contributed by atoms with Crippen molar-refractivity contribution in [3.63, 3.8) is 0 Å². The summed E-state index contributed by atoms with van der Waals surface area (Å²) in [5.74, 6) is 0.419. The van der Waals surface area contributed by atoms with E-state index in [0.29, 0.717) is 19.0 Å². The number of amides is 1. The molecule has 1 amide bonds. The van der Waals surface area contributed by atoms with Crippen LogP contribution < -0.4 is 10.6 Å². The van der Waals surface area contributed by atoms with Crippen LogP contribution >= 0.6 is 12.6 Å². The predicted molar refractivity (Wildman–Crippen MR) is 88.4 cm³/mol. The van der Waals surface area contributed by atoms with Crippen LogP contribution in [0.2, 0.25) is 0 Å². The molecule has 0 saturated carbocycles. The van der Waals surface area contributed by atoms with Gasteiger partial charge in [-0.05, 0) is 11.1 Å². The van der Waals surface area contributed by atoms with E-state index >= 15 is 0 Å². The Kier molecular flexibility index (Phi) is 5.84. The molecule has 0 radical (unpaired) electrons. The molecule has 0 saturated heterocycles. The second kappa shape index (κ2) is 8.11. The molecule has 2 aromatic carbocycles. The Labute approximate surface area is 129 Å². The van der Waals surface area contributed by atoms with E-state index in [9.17, 15) is 4.79 Å². The number of hydrogen-bond donors (Lipinski definition) is 3. The fourth-order valence-electron chi connectivity index (χ4n) is 1.78. The lowest BCUT2D eigenvalue weighted by Gasteiger charge is -2.10. The van der Waals surface area contributed by atoms with Crippen molar-refractivity contribution in [1.82, 2.24) is 10.6 Å². The third-order valence-corrected chi connectivity index (χ3v) is 2.90. The molecule has 108 valence electrons. The Morgan fingerprint density at radius 1 is 0.952 bits per heavy atom. The molecule has 0 fully saturated rings. The molecule has 21 heavy (non-hydrogen) atoms. The van der Waals surface area contributed by atoms with Gasteiger partial charge in [0, 0.05) is 6.54 Å². The molecular formula is C16H17N3OS. The number of rotatable bonds is 4. The van der Waals surface area contributed by atoms with Crippen molar-refractivity contribution in [3.05, 3.63) is 71.8 Å². The van der Waals surface area contributed by atoms with Crippen molar-refractivity contribution in [1.29, 1.82) is 0 Å². The van der Waals surface area contributed by atoms with Gasteiger partial charge in [0.05, 0.1) is 6.54 Å². The molecule has 0 aliphatic carbocycles. The predicted octanol–water partition coefficient (Wildman–Crippen LogP) is 2.97. The first kappa shape index (κ1) is 15.1. The van der Waals surface area contributed by atoms with Gasteiger partial charge in [-0.25, -0.2) is 4.99 Å². The SMILES string of the molecule is O=C(S)NC(=NCc1ccccc1)NCc1ccccc1. The number of carbonyl (C=O) groups is 1. The number of aliphatic imine (C=N–C) groups is 1. The molecule has 0 unspecified atom stereocenters. The normalized spacial score (nSPS) is 11.0. The Morgan fingerprint density at radius 2 is 1.52 bits per heavy atom. The molecule has 2 N–H and O–H groups in total. The number of benzene rings is 2. The maximum absolute atomic E-state index is 11.1. The van der Waals surface area contributed by atoms with Gasteiger partial charge in [0.2, 0.25) is 0 Å². The summed E-state index contributed by atoms with van der Waals surface area (Å²) in [6.45, 7) is 1.08. The van der Waals surface area contributed by atoms with Gasteiger partial charge in [-0.1, -0.05) is 73.3 Å². The van der Waals surface area contributed by atoms with E-state index in [1.807, 2.05) is 60.7 Å². The molecule has 0 heterocycles. The standard InChI is InChI=1S/C16H17N3OS/c20-16(21)19-15(17-11-13-7-3-1-4-8-13)18-12-14-9-5-2-6-10-14/h1-10H,11-12H2,(H3,17,18,19,20,21). The van der Waals surface area contributed by atoms with Crippen molar-refractivity contribution in [3.8, 4) is 0 Å². The maximum Gasteiger partial charge on any atom is 0.282 e. The smallest absolute Gasteiger partial charge is 0.282 e. The van der Waals surface area contributed by atoms with E-state index in [0.717, 1.165) is 11.1 Å². The van der Waals surface area contributed by atoms with Crippen LogP contribution in [0.5, 0.6) is 0 Å². The molecule has 0 spiro atoms. The summed E-state index contributed by atoms with van der Waals surface area (Å²) in [6, 6.07) is 19.7. The summed E-state index contributed by atoms with van der Waals surface area (Å²) in [4.78, 5) is 15.5. The second-order valence-corrected chi connectivity index (χ2v) is 4.83. The highest BCUT2D eigenvalue weighted by Gasteiger charge is 2.02. The summed E-state index contributed by atoms with van der Waals surface area (Å²) in [5.41, 5.74) is 2.18. The van der Waals surface area contributed by atoms with Crippen molar-refractivity contribution < 1.29 is 4.79 Å². The monoisotopic (exact) mass is 299 g/mol. The van der Waals surface area contributed by atoms with E-state index in [-0.39, 0.29) is 0 Å². The van der Waals surface area contributed by atoms with Gasteiger partial charge in [-0.2, -0.15) is 0 Å². The summed E-state index contributed by atoms with van der Waals surface area (Å²) in [5, 5.41) is 5.25. The Bertz CT molecular complexity index is 599. The zero-order valence-corrected chi connectivity index (χ0v) is 12.4. The Hall–Kier alpha value is -2.27. The topological polar surface area (TPSA) is 53.5 Å². The third-order valence-electron chi connectivity index (χ3n) is 2.79. The first-order valence-corrected chi connectivity index (χ1v) is 7.05. The molecule has 0 aliphatic rings. The van der Waals surface area contributed by atoms with Crippen molar-refractivity contribution in [2.75, 3.05) is 0 Å². The van der Waals surface area contributed by atoms with Crippen LogP contribution in [0.3, 0.4) is 0 Å². The lowest BCUT2D eigenvalue weighted by atomic mass is 10.2. The van der Waals surface area contributed by atoms with Crippen LogP contribution in [-0.4, -0.2) is 11.2 Å². The summed E-state index contributed by atoms with van der Waals surface area (Å²) >= 11 is 3.73. The molecule has 5 heteroatoms. The fraction of sp³-hybridized carbons (Fsp3) is 0.125. The lowest BCUT2D eigenvalue weighted by molar-refractivity contribution is 0.264. The zero-order valence-electron chi connectivity index (χ0n) is 11.5. The van der Waals surface area contributed by atoms with Crippen LogP contribution in [0.1, 0.15) is 11.1 Å². The Morgan fingerprint density at radius 3 is 2.10 bits per heavy atom. The quantitative estimate of drug-likeness (QED) is 0.462. The van der Waals surface area contributed by atoms with Crippen LogP contribution in [-0.2, 0) is 13.1 Å². The minimum atomic E-state index is -0.442. The number of carbonyl (C=O) groups excluding carboxylic acids is 1. The fourth-order valence-corrected chi connectivity index (χ4v) is 1.88. The van der Waals surface area contributed by atoms with Gasteiger partial charge in [0.15, 0.2) is 5.96 Å². The van der Waals surface area contributed by atoms with Crippen LogP contribution in [0.4, 0.5) is 4.79 Å². The highest BCUT2D eigenvalue weighted by atomic mass is 32.1. The summed E-state index contributed by atoms with van der Waals surface area (Å²) < 4.78 is 0. The first-order valence-electron chi connectivity index (χ1n) is 6.60. The highest BCUT2D eigenvalue weighted by molar-refractivity contribution is 7.96. The molecule has 2 rings (SSSR count). The summed E-state index contributed by atoms with van der Waals surface area (Å²) in [7, 11) is 0. The largest absolute Gasteiger partial charge is 0.352 e. The average Bonchev–Trinajstić information content (AvgIpc) is 2.51. The zero-order chi connectivity index (χ0) is 14.9. The highest BCUT2D eigenvalue weighted by Crippen LogP contribution is 2.01. The van der Waals surface area contributed by atoms with Gasteiger partial charge in [0.25, 0.3) is 5.24 Å². The molecule has 0 atom stereocenters. The van der Waals surface area contributed by atoms with Crippen LogP contribution in [0.25, 0.3) is 0 Å². The van der Waals surface area contributed by atoms with Crippen molar-refractivity contribution in [2.24, 2.45) is 4.99 Å². The first-order chi connectivity index (χ1) is 10.2. The van der Waals surface area contributed by atoms with E-state index in [1.165, 1.54) is 0 Å². The molecule has 0 aromatic heterocycles. The number of hydrogen-bond acceptors (Lipinski definition) is 2. The van der Waals surface area contributed by atoms with Gasteiger partial charge < -0.3 is 5.32 Å². The molecule has 0 bridgehead atoms. The number of nitrogens with zero attached hydrogens (tertiary/aromatic N) is 1.